The zero-order valence-electron chi connectivity index (χ0n) is 16.4. The number of fused-ring (bicyclic) bond motifs is 1. The third kappa shape index (κ3) is 4.76. The Morgan fingerprint density at radius 2 is 2.03 bits per heavy atom. The van der Waals surface area contributed by atoms with Crippen LogP contribution in [0.25, 0.3) is 0 Å². The van der Waals surface area contributed by atoms with Gasteiger partial charge in [-0.2, -0.15) is 0 Å². The first kappa shape index (κ1) is 21.0. The molecule has 0 unspecified atom stereocenters. The average molecular weight is 459 g/mol. The van der Waals surface area contributed by atoms with Crippen LogP contribution in [-0.2, 0) is 11.2 Å². The van der Waals surface area contributed by atoms with E-state index in [9.17, 15) is 4.79 Å². The van der Waals surface area contributed by atoms with Crippen molar-refractivity contribution >= 4 is 52.1 Å². The highest BCUT2D eigenvalue weighted by atomic mass is 35.5. The van der Waals surface area contributed by atoms with Crippen LogP contribution in [0.3, 0.4) is 0 Å². The van der Waals surface area contributed by atoms with Gasteiger partial charge in [-0.25, -0.2) is 9.97 Å². The van der Waals surface area contributed by atoms with Gasteiger partial charge in [0.2, 0.25) is 0 Å². The number of aryl methyl sites for hydroxylation is 1. The summed E-state index contributed by atoms with van der Waals surface area (Å²) < 4.78 is 5.42. The van der Waals surface area contributed by atoms with Gasteiger partial charge in [0.25, 0.3) is 5.91 Å². The molecule has 4 rings (SSSR count). The number of carbonyl (C=O) groups excluding carboxylic acids is 1. The molecule has 1 amide bonds. The number of hydrogen-bond donors (Lipinski definition) is 3. The Hall–Kier alpha value is -3.23. The molecule has 0 saturated carbocycles. The SMILES string of the molecule is Nc1c(NNC(=O)COc2ccc(Cl)cc2Cl)ncnc1N1CCCc2ccccc21. The molecule has 1 aliphatic rings. The minimum Gasteiger partial charge on any atom is -0.482 e. The molecular formula is C21H20Cl2N6O2. The molecule has 8 nitrogen and oxygen atoms in total. The number of amides is 1. The van der Waals surface area contributed by atoms with Crippen LogP contribution in [-0.4, -0.2) is 29.0 Å². The molecule has 3 aromatic rings. The fourth-order valence-electron chi connectivity index (χ4n) is 3.36. The number of anilines is 4. The minimum absolute atomic E-state index is 0.258. The van der Waals surface area contributed by atoms with Crippen LogP contribution in [0.1, 0.15) is 12.0 Å². The monoisotopic (exact) mass is 458 g/mol. The number of nitrogen functional groups attached to an aromatic ring is 1. The molecule has 0 bridgehead atoms. The molecule has 160 valence electrons. The highest BCUT2D eigenvalue weighted by Gasteiger charge is 2.22. The van der Waals surface area contributed by atoms with E-state index in [1.807, 2.05) is 18.2 Å². The predicted molar refractivity (Wildman–Crippen MR) is 122 cm³/mol. The molecule has 1 aliphatic heterocycles. The maximum Gasteiger partial charge on any atom is 0.276 e. The minimum atomic E-state index is -0.436. The number of hydrogen-bond acceptors (Lipinski definition) is 7. The smallest absolute Gasteiger partial charge is 0.276 e. The Kier molecular flexibility index (Phi) is 6.29. The topological polar surface area (TPSA) is 105 Å². The third-order valence-electron chi connectivity index (χ3n) is 4.80. The van der Waals surface area contributed by atoms with Gasteiger partial charge in [-0.3, -0.25) is 15.6 Å². The van der Waals surface area contributed by atoms with E-state index in [2.05, 4.69) is 31.8 Å². The van der Waals surface area contributed by atoms with Crippen molar-refractivity contribution in [2.75, 3.05) is 29.2 Å². The van der Waals surface area contributed by atoms with Crippen molar-refractivity contribution < 1.29 is 9.53 Å². The van der Waals surface area contributed by atoms with Crippen molar-refractivity contribution in [2.45, 2.75) is 12.8 Å². The second-order valence-corrected chi connectivity index (χ2v) is 7.72. The van der Waals surface area contributed by atoms with Gasteiger partial charge in [0.1, 0.15) is 17.8 Å². The van der Waals surface area contributed by atoms with Crippen molar-refractivity contribution in [1.29, 1.82) is 0 Å². The van der Waals surface area contributed by atoms with Gasteiger partial charge in [0, 0.05) is 17.3 Å². The lowest BCUT2D eigenvalue weighted by molar-refractivity contribution is -0.122. The summed E-state index contributed by atoms with van der Waals surface area (Å²) in [5.41, 5.74) is 14.2. The summed E-state index contributed by atoms with van der Waals surface area (Å²) in [6.45, 7) is 0.533. The number of rotatable bonds is 6. The van der Waals surface area contributed by atoms with Crippen LogP contribution in [0.4, 0.5) is 23.0 Å². The van der Waals surface area contributed by atoms with Gasteiger partial charge in [-0.05, 0) is 42.7 Å². The number of benzene rings is 2. The van der Waals surface area contributed by atoms with Gasteiger partial charge in [0.15, 0.2) is 18.2 Å². The number of nitrogens with one attached hydrogen (secondary N) is 2. The first-order valence-electron chi connectivity index (χ1n) is 9.61. The van der Waals surface area contributed by atoms with Crippen molar-refractivity contribution in [3.63, 3.8) is 0 Å². The summed E-state index contributed by atoms with van der Waals surface area (Å²) in [5.74, 6) is 0.803. The van der Waals surface area contributed by atoms with Gasteiger partial charge in [0.05, 0.1) is 5.02 Å². The maximum absolute atomic E-state index is 12.2. The van der Waals surface area contributed by atoms with Gasteiger partial charge >= 0.3 is 0 Å². The number of hydrazine groups is 1. The van der Waals surface area contributed by atoms with E-state index in [-0.39, 0.29) is 6.61 Å². The maximum atomic E-state index is 12.2. The molecule has 0 spiro atoms. The van der Waals surface area contributed by atoms with Gasteiger partial charge in [-0.15, -0.1) is 0 Å². The molecule has 4 N–H and O–H groups in total. The first-order valence-corrected chi connectivity index (χ1v) is 10.4. The lowest BCUT2D eigenvalue weighted by atomic mass is 10.0. The number of carbonyl (C=O) groups is 1. The zero-order chi connectivity index (χ0) is 21.8. The van der Waals surface area contributed by atoms with E-state index < -0.39 is 5.91 Å². The van der Waals surface area contributed by atoms with Crippen molar-refractivity contribution in [2.24, 2.45) is 0 Å². The highest BCUT2D eigenvalue weighted by Crippen LogP contribution is 2.36. The number of nitrogens with two attached hydrogens (primary N) is 1. The third-order valence-corrected chi connectivity index (χ3v) is 5.33. The number of para-hydroxylation sites is 1. The second-order valence-electron chi connectivity index (χ2n) is 6.88. The Labute approximate surface area is 189 Å². The molecule has 2 aromatic carbocycles. The van der Waals surface area contributed by atoms with Gasteiger partial charge < -0.3 is 15.4 Å². The van der Waals surface area contributed by atoms with E-state index in [1.54, 1.807) is 12.1 Å². The second kappa shape index (κ2) is 9.28. The number of nitrogens with zero attached hydrogens (tertiary/aromatic N) is 3. The van der Waals surface area contributed by atoms with Crippen LogP contribution in [0.5, 0.6) is 5.75 Å². The fraction of sp³-hybridized carbons (Fsp3) is 0.190. The van der Waals surface area contributed by atoms with E-state index in [0.717, 1.165) is 25.1 Å². The standard InChI is InChI=1S/C21H20Cl2N6O2/c22-14-7-8-17(15(23)10-14)31-11-18(30)27-28-20-19(24)21(26-12-25-20)29-9-3-5-13-4-1-2-6-16(13)29/h1-2,4,6-8,10,12H,3,5,9,11,24H2,(H,27,30)(H,25,26,28). The summed E-state index contributed by atoms with van der Waals surface area (Å²) >= 11 is 11.9. The molecule has 10 heteroatoms. The number of halogens is 2. The molecule has 0 radical (unpaired) electrons. The molecule has 2 heterocycles. The molecule has 0 fully saturated rings. The Bertz CT molecular complexity index is 1110. The summed E-state index contributed by atoms with van der Waals surface area (Å²) in [4.78, 5) is 22.7. The first-order chi connectivity index (χ1) is 15.0. The van der Waals surface area contributed by atoms with E-state index in [1.165, 1.54) is 18.0 Å². The van der Waals surface area contributed by atoms with E-state index in [0.29, 0.717) is 33.1 Å². The molecule has 0 aliphatic carbocycles. The summed E-state index contributed by atoms with van der Waals surface area (Å²) in [7, 11) is 0. The van der Waals surface area contributed by atoms with Gasteiger partial charge in [-0.1, -0.05) is 41.4 Å². The highest BCUT2D eigenvalue weighted by molar-refractivity contribution is 6.35. The molecular weight excluding hydrogens is 439 g/mol. The van der Waals surface area contributed by atoms with Crippen LogP contribution in [0.15, 0.2) is 48.8 Å². The van der Waals surface area contributed by atoms with E-state index in [4.69, 9.17) is 33.7 Å². The lowest BCUT2D eigenvalue weighted by Gasteiger charge is -2.31. The normalized spacial score (nSPS) is 12.8. The molecule has 31 heavy (non-hydrogen) atoms. The van der Waals surface area contributed by atoms with Crippen LogP contribution in [0, 0.1) is 0 Å². The fourth-order valence-corrected chi connectivity index (χ4v) is 3.82. The lowest BCUT2D eigenvalue weighted by Crippen LogP contribution is -2.34. The zero-order valence-corrected chi connectivity index (χ0v) is 18.0. The quantitative estimate of drug-likeness (QED) is 0.479. The van der Waals surface area contributed by atoms with E-state index >= 15 is 0 Å². The van der Waals surface area contributed by atoms with Crippen molar-refractivity contribution in [3.8, 4) is 5.75 Å². The van der Waals surface area contributed by atoms with Crippen LogP contribution >= 0.6 is 23.2 Å². The van der Waals surface area contributed by atoms with Crippen molar-refractivity contribution in [1.82, 2.24) is 15.4 Å². The van der Waals surface area contributed by atoms with Crippen LogP contribution in [0.2, 0.25) is 10.0 Å². The summed E-state index contributed by atoms with van der Waals surface area (Å²) in [5, 5.41) is 0.801. The Balaban J connectivity index is 1.42. The Morgan fingerprint density at radius 1 is 1.19 bits per heavy atom. The molecule has 0 atom stereocenters. The average Bonchev–Trinajstić information content (AvgIpc) is 2.77. The largest absolute Gasteiger partial charge is 0.482 e. The molecule has 1 aromatic heterocycles. The summed E-state index contributed by atoms with van der Waals surface area (Å²) in [6, 6.07) is 12.9. The molecule has 0 saturated heterocycles. The van der Waals surface area contributed by atoms with Crippen LogP contribution < -0.4 is 26.2 Å². The number of aromatic nitrogens is 2. The summed E-state index contributed by atoms with van der Waals surface area (Å²) in [6.07, 6.45) is 3.41. The predicted octanol–water partition coefficient (Wildman–Crippen LogP) is 3.97. The number of ether oxygens (including phenoxy) is 1. The van der Waals surface area contributed by atoms with Crippen molar-refractivity contribution in [3.05, 3.63) is 64.4 Å². The Morgan fingerprint density at radius 3 is 2.87 bits per heavy atom.